The van der Waals surface area contributed by atoms with E-state index >= 15 is 0 Å². The van der Waals surface area contributed by atoms with Crippen LogP contribution in [0.1, 0.15) is 11.3 Å². The minimum absolute atomic E-state index is 0.619. The summed E-state index contributed by atoms with van der Waals surface area (Å²) in [5.74, 6) is 0. The second-order valence-electron chi connectivity index (χ2n) is 2.63. The molecule has 0 aliphatic heterocycles. The van der Waals surface area contributed by atoms with Crippen LogP contribution in [0, 0.1) is 18.3 Å². The summed E-state index contributed by atoms with van der Waals surface area (Å²) < 4.78 is 1.79. The summed E-state index contributed by atoms with van der Waals surface area (Å²) in [4.78, 5) is 4.14. The summed E-state index contributed by atoms with van der Waals surface area (Å²) in [5, 5.41) is 8.75. The summed E-state index contributed by atoms with van der Waals surface area (Å²) in [6, 6.07) is 5.81. The van der Waals surface area contributed by atoms with Gasteiger partial charge in [0, 0.05) is 12.4 Å². The Balaban J connectivity index is 2.94. The van der Waals surface area contributed by atoms with Crippen LogP contribution in [0.15, 0.2) is 24.5 Å². The lowest BCUT2D eigenvalue weighted by molar-refractivity contribution is 1.12. The summed E-state index contributed by atoms with van der Waals surface area (Å²) in [6.07, 6.45) is 3.49. The minimum Gasteiger partial charge on any atom is -0.291 e. The van der Waals surface area contributed by atoms with E-state index in [-0.39, 0.29) is 0 Å². The SMILES string of the molecule is Cc1ccc(C#N)n2ccnc12. The molecule has 0 unspecified atom stereocenters. The van der Waals surface area contributed by atoms with Gasteiger partial charge in [0.1, 0.15) is 17.4 Å². The Labute approximate surface area is 69.9 Å². The predicted octanol–water partition coefficient (Wildman–Crippen LogP) is 1.51. The zero-order valence-electron chi connectivity index (χ0n) is 6.65. The number of nitrogens with zero attached hydrogens (tertiary/aromatic N) is 3. The Morgan fingerprint density at radius 3 is 3.08 bits per heavy atom. The maximum atomic E-state index is 8.75. The third kappa shape index (κ3) is 0.785. The second kappa shape index (κ2) is 2.35. The Morgan fingerprint density at radius 2 is 2.33 bits per heavy atom. The Kier molecular flexibility index (Phi) is 1.34. The van der Waals surface area contributed by atoms with Gasteiger partial charge in [-0.25, -0.2) is 4.98 Å². The molecule has 2 rings (SSSR count). The molecule has 0 radical (unpaired) electrons. The number of hydrogen-bond acceptors (Lipinski definition) is 2. The highest BCUT2D eigenvalue weighted by atomic mass is 15.0. The first-order valence-corrected chi connectivity index (χ1v) is 3.65. The number of aromatic nitrogens is 2. The first-order chi connectivity index (χ1) is 5.83. The van der Waals surface area contributed by atoms with Crippen molar-refractivity contribution in [3.05, 3.63) is 35.8 Å². The summed E-state index contributed by atoms with van der Waals surface area (Å²) in [7, 11) is 0. The van der Waals surface area contributed by atoms with Crippen molar-refractivity contribution in [2.45, 2.75) is 6.92 Å². The molecule has 0 bridgehead atoms. The van der Waals surface area contributed by atoms with E-state index in [4.69, 9.17) is 5.26 Å². The number of pyridine rings is 1. The van der Waals surface area contributed by atoms with E-state index in [9.17, 15) is 0 Å². The van der Waals surface area contributed by atoms with Gasteiger partial charge in [-0.15, -0.1) is 0 Å². The number of hydrogen-bond donors (Lipinski definition) is 0. The molecule has 0 saturated carbocycles. The molecule has 2 aromatic heterocycles. The standard InChI is InChI=1S/C9H7N3/c1-7-2-3-8(6-10)12-5-4-11-9(7)12/h2-5H,1H3. The molecular formula is C9H7N3. The molecule has 2 aromatic rings. The van der Waals surface area contributed by atoms with Crippen molar-refractivity contribution in [2.24, 2.45) is 0 Å². The van der Waals surface area contributed by atoms with Gasteiger partial charge < -0.3 is 0 Å². The summed E-state index contributed by atoms with van der Waals surface area (Å²) in [5.41, 5.74) is 2.56. The molecule has 0 N–H and O–H groups in total. The van der Waals surface area contributed by atoms with Crippen LogP contribution in [0.3, 0.4) is 0 Å². The van der Waals surface area contributed by atoms with E-state index in [1.54, 1.807) is 22.9 Å². The third-order valence-electron chi connectivity index (χ3n) is 1.86. The van der Waals surface area contributed by atoms with Gasteiger partial charge in [0.15, 0.2) is 0 Å². The number of fused-ring (bicyclic) bond motifs is 1. The fourth-order valence-electron chi connectivity index (χ4n) is 1.24. The molecule has 12 heavy (non-hydrogen) atoms. The summed E-state index contributed by atoms with van der Waals surface area (Å²) >= 11 is 0. The van der Waals surface area contributed by atoms with Crippen LogP contribution in [-0.2, 0) is 0 Å². The number of rotatable bonds is 0. The van der Waals surface area contributed by atoms with Crippen LogP contribution in [0.5, 0.6) is 0 Å². The van der Waals surface area contributed by atoms with Crippen LogP contribution in [0.25, 0.3) is 5.65 Å². The van der Waals surface area contributed by atoms with Crippen molar-refractivity contribution >= 4 is 5.65 Å². The van der Waals surface area contributed by atoms with E-state index < -0.39 is 0 Å². The quantitative estimate of drug-likeness (QED) is 0.581. The fraction of sp³-hybridized carbons (Fsp3) is 0.111. The van der Waals surface area contributed by atoms with Crippen molar-refractivity contribution in [3.63, 3.8) is 0 Å². The van der Waals surface area contributed by atoms with Gasteiger partial charge in [0.2, 0.25) is 0 Å². The lowest BCUT2D eigenvalue weighted by Gasteiger charge is -1.98. The van der Waals surface area contributed by atoms with Crippen molar-refractivity contribution < 1.29 is 0 Å². The molecule has 0 saturated heterocycles. The molecule has 0 aliphatic carbocycles. The largest absolute Gasteiger partial charge is 0.291 e. The van der Waals surface area contributed by atoms with Gasteiger partial charge in [-0.1, -0.05) is 6.07 Å². The van der Waals surface area contributed by atoms with E-state index in [1.807, 2.05) is 13.0 Å². The van der Waals surface area contributed by atoms with E-state index in [1.165, 1.54) is 0 Å². The van der Waals surface area contributed by atoms with E-state index in [2.05, 4.69) is 11.1 Å². The van der Waals surface area contributed by atoms with Crippen LogP contribution >= 0.6 is 0 Å². The smallest absolute Gasteiger partial charge is 0.140 e. The van der Waals surface area contributed by atoms with Crippen LogP contribution < -0.4 is 0 Å². The van der Waals surface area contributed by atoms with Crippen LogP contribution in [0.2, 0.25) is 0 Å². The van der Waals surface area contributed by atoms with Gasteiger partial charge in [-0.2, -0.15) is 5.26 Å². The second-order valence-corrected chi connectivity index (χ2v) is 2.63. The third-order valence-corrected chi connectivity index (χ3v) is 1.86. The molecule has 0 aliphatic rings. The number of nitriles is 1. The summed E-state index contributed by atoms with van der Waals surface area (Å²) in [6.45, 7) is 1.98. The molecular weight excluding hydrogens is 150 g/mol. The molecule has 0 spiro atoms. The monoisotopic (exact) mass is 157 g/mol. The van der Waals surface area contributed by atoms with Crippen LogP contribution in [-0.4, -0.2) is 9.38 Å². The maximum absolute atomic E-state index is 8.75. The average molecular weight is 157 g/mol. The Hall–Kier alpha value is -1.82. The highest BCUT2D eigenvalue weighted by molar-refractivity contribution is 5.50. The topological polar surface area (TPSA) is 41.1 Å². The van der Waals surface area contributed by atoms with Crippen LogP contribution in [0.4, 0.5) is 0 Å². The molecule has 3 heteroatoms. The van der Waals surface area contributed by atoms with Crippen molar-refractivity contribution in [2.75, 3.05) is 0 Å². The first kappa shape index (κ1) is 6.86. The van der Waals surface area contributed by atoms with Crippen molar-refractivity contribution in [3.8, 4) is 6.07 Å². The lowest BCUT2D eigenvalue weighted by atomic mass is 10.2. The maximum Gasteiger partial charge on any atom is 0.140 e. The molecule has 0 atom stereocenters. The number of imidazole rings is 1. The normalized spacial score (nSPS) is 10.0. The molecule has 0 amide bonds. The molecule has 2 heterocycles. The molecule has 3 nitrogen and oxygen atoms in total. The molecule has 0 aromatic carbocycles. The van der Waals surface area contributed by atoms with Gasteiger partial charge >= 0.3 is 0 Å². The van der Waals surface area contributed by atoms with Gasteiger partial charge in [-0.3, -0.25) is 4.40 Å². The molecule has 0 fully saturated rings. The van der Waals surface area contributed by atoms with Gasteiger partial charge in [0.05, 0.1) is 0 Å². The average Bonchev–Trinajstić information content (AvgIpc) is 2.54. The van der Waals surface area contributed by atoms with E-state index in [0.29, 0.717) is 5.69 Å². The first-order valence-electron chi connectivity index (χ1n) is 3.65. The van der Waals surface area contributed by atoms with Crippen molar-refractivity contribution in [1.29, 1.82) is 5.26 Å². The predicted molar refractivity (Wildman–Crippen MR) is 44.6 cm³/mol. The Bertz CT molecular complexity index is 462. The van der Waals surface area contributed by atoms with Gasteiger partial charge in [-0.05, 0) is 18.6 Å². The number of aryl methyl sites for hydroxylation is 1. The van der Waals surface area contributed by atoms with Gasteiger partial charge in [0.25, 0.3) is 0 Å². The van der Waals surface area contributed by atoms with E-state index in [0.717, 1.165) is 11.2 Å². The van der Waals surface area contributed by atoms with Crippen molar-refractivity contribution in [1.82, 2.24) is 9.38 Å². The molecule has 58 valence electrons. The minimum atomic E-state index is 0.619. The zero-order chi connectivity index (χ0) is 8.55. The zero-order valence-corrected chi connectivity index (χ0v) is 6.65. The lowest BCUT2D eigenvalue weighted by Crippen LogP contribution is -1.92. The fourth-order valence-corrected chi connectivity index (χ4v) is 1.24. The Morgan fingerprint density at radius 1 is 1.50 bits per heavy atom. The highest BCUT2D eigenvalue weighted by Gasteiger charge is 2.01. The highest BCUT2D eigenvalue weighted by Crippen LogP contribution is 2.09.